The van der Waals surface area contributed by atoms with Crippen molar-refractivity contribution in [2.75, 3.05) is 31.8 Å². The van der Waals surface area contributed by atoms with Crippen molar-refractivity contribution in [3.05, 3.63) is 75.9 Å². The van der Waals surface area contributed by atoms with Crippen LogP contribution >= 0.6 is 11.6 Å². The van der Waals surface area contributed by atoms with Gasteiger partial charge in [-0.15, -0.1) is 0 Å². The van der Waals surface area contributed by atoms with Crippen LogP contribution < -0.4 is 20.7 Å². The maximum atomic E-state index is 14.6. The lowest BCUT2D eigenvalue weighted by molar-refractivity contribution is -0.155. The molecule has 4 N–H and O–H groups in total. The third-order valence-corrected chi connectivity index (χ3v) is 10.2. The molecule has 3 amide bonds. The first kappa shape index (κ1) is 39.5. The van der Waals surface area contributed by atoms with Gasteiger partial charge < -0.3 is 39.6 Å². The number of hydrogen-bond acceptors (Lipinski definition) is 10. The van der Waals surface area contributed by atoms with Gasteiger partial charge in [-0.1, -0.05) is 42.3 Å². The van der Waals surface area contributed by atoms with Gasteiger partial charge in [-0.25, -0.2) is 18.4 Å². The number of nitrogens with two attached hydrogens (primary N) is 1. The van der Waals surface area contributed by atoms with Crippen LogP contribution in [0.1, 0.15) is 56.0 Å². The minimum atomic E-state index is -1.62. The number of nitrogens with one attached hydrogen (secondary N) is 1. The van der Waals surface area contributed by atoms with Crippen LogP contribution in [0.2, 0.25) is 5.02 Å². The number of alkyl carbamates (subject to hydrolysis) is 1. The summed E-state index contributed by atoms with van der Waals surface area (Å²) in [5.74, 6) is -4.77. The minimum absolute atomic E-state index is 0.0159. The van der Waals surface area contributed by atoms with Crippen molar-refractivity contribution in [3.8, 4) is 5.75 Å². The summed E-state index contributed by atoms with van der Waals surface area (Å²) in [4.78, 5) is 55.5. The van der Waals surface area contributed by atoms with Gasteiger partial charge in [0.25, 0.3) is 5.91 Å². The Bertz CT molecular complexity index is 1860. The van der Waals surface area contributed by atoms with Crippen molar-refractivity contribution in [1.82, 2.24) is 10.2 Å². The number of epoxide rings is 1. The first-order valence-electron chi connectivity index (χ1n) is 17.0. The van der Waals surface area contributed by atoms with E-state index in [1.165, 1.54) is 33.0 Å². The van der Waals surface area contributed by atoms with Crippen LogP contribution in [0.3, 0.4) is 0 Å². The molecule has 286 valence electrons. The van der Waals surface area contributed by atoms with E-state index in [0.29, 0.717) is 30.0 Å². The largest absolute Gasteiger partial charge is 0.495 e. The number of fused-ring (bicyclic) bond motifs is 5. The number of halogens is 3. The predicted molar refractivity (Wildman–Crippen MR) is 190 cm³/mol. The van der Waals surface area contributed by atoms with Crippen molar-refractivity contribution in [2.45, 2.75) is 82.6 Å². The molecule has 2 fully saturated rings. The van der Waals surface area contributed by atoms with Gasteiger partial charge in [-0.05, 0) is 44.0 Å². The molecule has 2 aromatic rings. The van der Waals surface area contributed by atoms with Gasteiger partial charge in [0.2, 0.25) is 5.91 Å². The molecular weight excluding hydrogens is 718 g/mol. The Balaban J connectivity index is 1.46. The van der Waals surface area contributed by atoms with Gasteiger partial charge in [-0.2, -0.15) is 0 Å². The van der Waals surface area contributed by atoms with Gasteiger partial charge >= 0.3 is 12.1 Å². The van der Waals surface area contributed by atoms with Gasteiger partial charge in [0.15, 0.2) is 0 Å². The molecule has 0 radical (unpaired) electrons. The van der Waals surface area contributed by atoms with Crippen LogP contribution in [-0.2, 0) is 30.2 Å². The molecule has 13 nitrogen and oxygen atoms in total. The van der Waals surface area contributed by atoms with Crippen LogP contribution in [0.4, 0.5) is 25.0 Å². The quantitative estimate of drug-likeness (QED) is 0.221. The van der Waals surface area contributed by atoms with Crippen molar-refractivity contribution < 1.29 is 52.0 Å². The number of carbonyl (C=O) groups excluding carboxylic acids is 4. The molecule has 16 heteroatoms. The highest BCUT2D eigenvalue weighted by Gasteiger charge is 2.55. The number of rotatable bonds is 5. The molecule has 5 rings (SSSR count). The summed E-state index contributed by atoms with van der Waals surface area (Å²) < 4.78 is 51.6. The maximum absolute atomic E-state index is 14.6. The second-order valence-corrected chi connectivity index (χ2v) is 14.1. The molecule has 3 aliphatic rings. The van der Waals surface area contributed by atoms with Gasteiger partial charge in [-0.3, -0.25) is 14.9 Å². The Morgan fingerprint density at radius 2 is 1.91 bits per heavy atom. The summed E-state index contributed by atoms with van der Waals surface area (Å²) in [5.41, 5.74) is 4.71. The topological polar surface area (TPSA) is 173 Å². The van der Waals surface area contributed by atoms with Crippen LogP contribution in [0, 0.1) is 17.6 Å². The van der Waals surface area contributed by atoms with E-state index in [1.54, 1.807) is 31.2 Å². The van der Waals surface area contributed by atoms with E-state index in [-0.39, 0.29) is 17.9 Å². The number of hydrogen-bond donors (Lipinski definition) is 3. The number of carbonyl (C=O) groups is 4. The Morgan fingerprint density at radius 1 is 1.19 bits per heavy atom. The molecule has 3 heterocycles. The van der Waals surface area contributed by atoms with Gasteiger partial charge in [0, 0.05) is 38.9 Å². The molecule has 2 saturated heterocycles. The van der Waals surface area contributed by atoms with Gasteiger partial charge in [0.05, 0.1) is 36.6 Å². The zero-order chi connectivity index (χ0) is 38.9. The maximum Gasteiger partial charge on any atom is 0.409 e. The van der Waals surface area contributed by atoms with Gasteiger partial charge in [0.1, 0.15) is 52.5 Å². The molecule has 0 aliphatic carbocycles. The number of likely N-dealkylation sites (N-methyl/N-ethyl adjacent to an activating group) is 1. The number of anilines is 2. The van der Waals surface area contributed by atoms with Crippen molar-refractivity contribution in [2.24, 2.45) is 5.92 Å². The summed E-state index contributed by atoms with van der Waals surface area (Å²) in [6.45, 7) is 4.99. The van der Waals surface area contributed by atoms with Crippen molar-refractivity contribution >= 4 is 46.9 Å². The summed E-state index contributed by atoms with van der Waals surface area (Å²) in [6.07, 6.45) is 1.14. The Kier molecular flexibility index (Phi) is 11.7. The molecule has 0 saturated carbocycles. The number of amides is 3. The van der Waals surface area contributed by atoms with E-state index in [1.807, 2.05) is 13.0 Å². The lowest BCUT2D eigenvalue weighted by atomic mass is 9.88. The molecule has 0 spiro atoms. The first-order valence-corrected chi connectivity index (χ1v) is 17.3. The van der Waals surface area contributed by atoms with Crippen molar-refractivity contribution in [1.29, 1.82) is 0 Å². The van der Waals surface area contributed by atoms with Crippen LogP contribution in [0.25, 0.3) is 0 Å². The Labute approximate surface area is 310 Å². The third-order valence-electron chi connectivity index (χ3n) is 9.86. The number of nitrogens with zero attached hydrogens (tertiary/aromatic N) is 2. The van der Waals surface area contributed by atoms with E-state index in [9.17, 15) is 33.1 Å². The second-order valence-electron chi connectivity index (χ2n) is 13.8. The smallest absolute Gasteiger partial charge is 0.409 e. The summed E-state index contributed by atoms with van der Waals surface area (Å²) in [5, 5.41) is 14.0. The van der Waals surface area contributed by atoms with E-state index in [4.69, 9.17) is 36.3 Å². The molecule has 7 atom stereocenters. The molecule has 4 bridgehead atoms. The average molecular weight is 761 g/mol. The fourth-order valence-corrected chi connectivity index (χ4v) is 6.77. The molecular formula is C37H43ClF2N4O9. The normalized spacial score (nSPS) is 28.3. The van der Waals surface area contributed by atoms with E-state index in [0.717, 1.165) is 16.0 Å². The van der Waals surface area contributed by atoms with Crippen molar-refractivity contribution in [3.63, 3.8) is 0 Å². The predicted octanol–water partition coefficient (Wildman–Crippen LogP) is 4.67. The number of nitrogen functional groups attached to an aromatic ring is 1. The third kappa shape index (κ3) is 8.74. The lowest BCUT2D eigenvalue weighted by Crippen LogP contribution is -2.57. The fraction of sp³-hybridized carbons (Fsp3) is 0.459. The highest BCUT2D eigenvalue weighted by atomic mass is 35.5. The Morgan fingerprint density at radius 3 is 2.60 bits per heavy atom. The number of benzene rings is 2. The second kappa shape index (κ2) is 15.7. The van der Waals surface area contributed by atoms with E-state index < -0.39 is 95.3 Å². The molecule has 2 aromatic carbocycles. The zero-order valence-corrected chi connectivity index (χ0v) is 30.9. The standard InChI is InChI=1S/C37H43ClF2N4O9/c1-18-9-7-8-10-37(49)17-29(52-36(48)42-37)19(2)32-33(53-32)28(16-30(45)44(5)26-12-21(11-18)13-27(50-6)31(26)38)51-35(47)20(3)43(4)34(46)22-14-24(40)25(41)15-23(22)39/h7-9,12-15,19-20,28-29,32-33,49H,10-11,16-17,41H2,1-6H3,(H,42,48)/b8-7+,18-9+/t19-,20+,28+,29+,32+,33+,37-/m1/s1. The Hall–Kier alpha value is -4.73. The SMILES string of the molecule is COc1cc2cc(c1Cl)N(C)C(=O)C[C@H](OC(=O)[C@H](C)N(C)C(=O)c1cc(F)c(N)cc1F)[C@@H]1O[C@H]1[C@H](C)[C@@H]1C[C@](O)(C/C=C/C=C(\C)C2)NC(=O)O1. The van der Waals surface area contributed by atoms with E-state index >= 15 is 0 Å². The summed E-state index contributed by atoms with van der Waals surface area (Å²) in [6, 6.07) is 3.49. The molecule has 0 aromatic heterocycles. The van der Waals surface area contributed by atoms with Crippen LogP contribution in [0.15, 0.2) is 48.1 Å². The molecule has 53 heavy (non-hydrogen) atoms. The lowest BCUT2D eigenvalue weighted by Gasteiger charge is -2.38. The molecule has 0 unspecified atom stereocenters. The highest BCUT2D eigenvalue weighted by Crippen LogP contribution is 2.41. The summed E-state index contributed by atoms with van der Waals surface area (Å²) >= 11 is 6.69. The van der Waals surface area contributed by atoms with Crippen LogP contribution in [0.5, 0.6) is 5.75 Å². The van der Waals surface area contributed by atoms with Crippen LogP contribution in [-0.4, -0.2) is 91.3 Å². The zero-order valence-electron chi connectivity index (χ0n) is 30.2. The average Bonchev–Trinajstić information content (AvgIpc) is 3.90. The minimum Gasteiger partial charge on any atom is -0.495 e. The number of allylic oxidation sites excluding steroid dienone is 3. The number of ether oxygens (including phenoxy) is 4. The molecule has 3 aliphatic heterocycles. The first-order chi connectivity index (χ1) is 24.9. The number of esters is 1. The summed E-state index contributed by atoms with van der Waals surface area (Å²) in [7, 11) is 4.18. The monoisotopic (exact) mass is 760 g/mol. The van der Waals surface area contributed by atoms with E-state index in [2.05, 4.69) is 5.32 Å². The number of methoxy groups -OCH3 is 1. The number of aliphatic hydroxyl groups is 1. The fourth-order valence-electron chi connectivity index (χ4n) is 6.46. The highest BCUT2D eigenvalue weighted by molar-refractivity contribution is 6.35.